The molecule has 0 spiro atoms. The second-order valence-electron chi connectivity index (χ2n) is 6.49. The Balaban J connectivity index is 1.95. The summed E-state index contributed by atoms with van der Waals surface area (Å²) in [5.41, 5.74) is 3.67. The molecular weight excluding hydrogens is 344 g/mol. The summed E-state index contributed by atoms with van der Waals surface area (Å²) in [6, 6.07) is 10.7. The number of aryl methyl sites for hydroxylation is 2. The highest BCUT2D eigenvalue weighted by Crippen LogP contribution is 2.21. The molecule has 5 nitrogen and oxygen atoms in total. The molecule has 0 bridgehead atoms. The molecule has 0 aliphatic carbocycles. The van der Waals surface area contributed by atoms with E-state index in [0.29, 0.717) is 22.4 Å². The van der Waals surface area contributed by atoms with Crippen LogP contribution in [0.15, 0.2) is 36.4 Å². The molecular formula is C22H24O5. The van der Waals surface area contributed by atoms with Crippen LogP contribution >= 0.6 is 0 Å². The normalized spacial score (nSPS) is 10.4. The lowest BCUT2D eigenvalue weighted by molar-refractivity contribution is -0.144. The van der Waals surface area contributed by atoms with Crippen molar-refractivity contribution in [3.05, 3.63) is 64.2 Å². The number of hydrogen-bond donors (Lipinski definition) is 0. The molecule has 0 saturated heterocycles. The van der Waals surface area contributed by atoms with Crippen molar-refractivity contribution < 1.29 is 23.9 Å². The van der Waals surface area contributed by atoms with Gasteiger partial charge in [-0.3, -0.25) is 14.4 Å². The largest absolute Gasteiger partial charge is 0.496 e. The van der Waals surface area contributed by atoms with Crippen LogP contribution in [-0.4, -0.2) is 24.6 Å². The summed E-state index contributed by atoms with van der Waals surface area (Å²) in [5.74, 6) is -0.0862. The summed E-state index contributed by atoms with van der Waals surface area (Å²) in [6.07, 6.45) is 0.0919. The van der Waals surface area contributed by atoms with Gasteiger partial charge >= 0.3 is 5.97 Å². The minimum atomic E-state index is -0.469. The maximum atomic E-state index is 12.4. The molecule has 2 rings (SSSR count). The number of benzene rings is 2. The van der Waals surface area contributed by atoms with E-state index >= 15 is 0 Å². The lowest BCUT2D eigenvalue weighted by atomic mass is 9.99. The number of rotatable bonds is 8. The molecule has 0 N–H and O–H groups in total. The molecule has 27 heavy (non-hydrogen) atoms. The van der Waals surface area contributed by atoms with Crippen molar-refractivity contribution in [1.82, 2.24) is 0 Å². The van der Waals surface area contributed by atoms with Gasteiger partial charge in [-0.2, -0.15) is 0 Å². The first-order chi connectivity index (χ1) is 12.8. The number of ether oxygens (including phenoxy) is 2. The van der Waals surface area contributed by atoms with Gasteiger partial charge in [-0.25, -0.2) is 0 Å². The molecule has 142 valence electrons. The quantitative estimate of drug-likeness (QED) is 0.515. The zero-order chi connectivity index (χ0) is 20.0. The summed E-state index contributed by atoms with van der Waals surface area (Å²) >= 11 is 0. The molecule has 0 heterocycles. The Bertz CT molecular complexity index is 867. The van der Waals surface area contributed by atoms with E-state index in [2.05, 4.69) is 0 Å². The second kappa shape index (κ2) is 9.12. The Morgan fingerprint density at radius 2 is 1.70 bits per heavy atom. The average molecular weight is 368 g/mol. The fourth-order valence-corrected chi connectivity index (χ4v) is 2.73. The van der Waals surface area contributed by atoms with Gasteiger partial charge in [0.1, 0.15) is 12.4 Å². The Labute approximate surface area is 159 Å². The van der Waals surface area contributed by atoms with Crippen molar-refractivity contribution in [2.75, 3.05) is 7.11 Å². The van der Waals surface area contributed by atoms with E-state index in [1.807, 2.05) is 32.0 Å². The van der Waals surface area contributed by atoms with E-state index in [1.54, 1.807) is 18.2 Å². The first-order valence-corrected chi connectivity index (χ1v) is 8.75. The predicted octanol–water partition coefficient (Wildman–Crippen LogP) is 4.22. The summed E-state index contributed by atoms with van der Waals surface area (Å²) < 4.78 is 10.5. The fraction of sp³-hybridized carbons (Fsp3) is 0.318. The maximum absolute atomic E-state index is 12.4. The summed E-state index contributed by atoms with van der Waals surface area (Å²) in [4.78, 5) is 35.9. The highest BCUT2D eigenvalue weighted by Gasteiger charge is 2.14. The van der Waals surface area contributed by atoms with Gasteiger partial charge in [0.05, 0.1) is 13.5 Å². The number of carbonyl (C=O) groups is 3. The van der Waals surface area contributed by atoms with Gasteiger partial charge in [-0.05, 0) is 50.6 Å². The third-order valence-electron chi connectivity index (χ3n) is 4.33. The first-order valence-electron chi connectivity index (χ1n) is 8.75. The van der Waals surface area contributed by atoms with E-state index in [4.69, 9.17) is 9.47 Å². The number of carbonyl (C=O) groups excluding carboxylic acids is 3. The topological polar surface area (TPSA) is 69.7 Å². The van der Waals surface area contributed by atoms with Gasteiger partial charge in [0, 0.05) is 23.1 Å². The number of ketones is 2. The second-order valence-corrected chi connectivity index (χ2v) is 6.49. The van der Waals surface area contributed by atoms with Gasteiger partial charge in [0.2, 0.25) is 0 Å². The standard InChI is InChI=1S/C22H24O5/c1-14-5-6-15(2)19(11-14)20(24)8-10-22(25)27-13-18-12-17(16(3)23)7-9-21(18)26-4/h5-7,9,11-12H,8,10,13H2,1-4H3. The smallest absolute Gasteiger partial charge is 0.306 e. The van der Waals surface area contributed by atoms with Crippen LogP contribution < -0.4 is 4.74 Å². The molecule has 5 heteroatoms. The zero-order valence-corrected chi connectivity index (χ0v) is 16.1. The Morgan fingerprint density at radius 3 is 2.37 bits per heavy atom. The molecule has 0 aliphatic rings. The molecule has 0 atom stereocenters. The third kappa shape index (κ3) is 5.51. The minimum Gasteiger partial charge on any atom is -0.496 e. The van der Waals surface area contributed by atoms with Crippen LogP contribution in [0.25, 0.3) is 0 Å². The zero-order valence-electron chi connectivity index (χ0n) is 16.1. The lowest BCUT2D eigenvalue weighted by Gasteiger charge is -2.11. The lowest BCUT2D eigenvalue weighted by Crippen LogP contribution is -2.10. The van der Waals surface area contributed by atoms with Crippen molar-refractivity contribution in [3.63, 3.8) is 0 Å². The van der Waals surface area contributed by atoms with Gasteiger partial charge in [0.25, 0.3) is 0 Å². The molecule has 2 aromatic carbocycles. The fourth-order valence-electron chi connectivity index (χ4n) is 2.73. The van der Waals surface area contributed by atoms with Crippen LogP contribution in [0, 0.1) is 13.8 Å². The summed E-state index contributed by atoms with van der Waals surface area (Å²) in [7, 11) is 1.51. The number of esters is 1. The van der Waals surface area contributed by atoms with E-state index in [1.165, 1.54) is 14.0 Å². The molecule has 0 aromatic heterocycles. The monoisotopic (exact) mass is 368 g/mol. The van der Waals surface area contributed by atoms with E-state index in [-0.39, 0.29) is 31.0 Å². The van der Waals surface area contributed by atoms with Crippen LogP contribution in [0.3, 0.4) is 0 Å². The number of methoxy groups -OCH3 is 1. The number of hydrogen-bond acceptors (Lipinski definition) is 5. The van der Waals surface area contributed by atoms with Gasteiger partial charge in [0.15, 0.2) is 11.6 Å². The van der Waals surface area contributed by atoms with Crippen LogP contribution in [0.5, 0.6) is 5.75 Å². The first kappa shape index (κ1) is 20.4. The molecule has 0 fully saturated rings. The van der Waals surface area contributed by atoms with Gasteiger partial charge in [-0.1, -0.05) is 17.7 Å². The van der Waals surface area contributed by atoms with Crippen LogP contribution in [-0.2, 0) is 16.1 Å². The summed E-state index contributed by atoms with van der Waals surface area (Å²) in [6.45, 7) is 5.25. The Hall–Kier alpha value is -2.95. The maximum Gasteiger partial charge on any atom is 0.306 e. The van der Waals surface area contributed by atoms with Crippen molar-refractivity contribution in [1.29, 1.82) is 0 Å². The van der Waals surface area contributed by atoms with Gasteiger partial charge < -0.3 is 9.47 Å². The van der Waals surface area contributed by atoms with E-state index in [9.17, 15) is 14.4 Å². The summed E-state index contributed by atoms with van der Waals surface area (Å²) in [5, 5.41) is 0. The van der Waals surface area contributed by atoms with E-state index in [0.717, 1.165) is 11.1 Å². The van der Waals surface area contributed by atoms with Crippen molar-refractivity contribution in [2.24, 2.45) is 0 Å². The molecule has 0 unspecified atom stereocenters. The molecule has 2 aromatic rings. The molecule has 0 aliphatic heterocycles. The molecule has 0 radical (unpaired) electrons. The average Bonchev–Trinajstić information content (AvgIpc) is 2.65. The van der Waals surface area contributed by atoms with Crippen LogP contribution in [0.4, 0.5) is 0 Å². The third-order valence-corrected chi connectivity index (χ3v) is 4.33. The van der Waals surface area contributed by atoms with Crippen molar-refractivity contribution >= 4 is 17.5 Å². The van der Waals surface area contributed by atoms with Gasteiger partial charge in [-0.15, -0.1) is 0 Å². The molecule has 0 saturated carbocycles. The SMILES string of the molecule is COc1ccc(C(C)=O)cc1COC(=O)CCC(=O)c1cc(C)ccc1C. The van der Waals surface area contributed by atoms with Crippen LogP contribution in [0.1, 0.15) is 57.2 Å². The Morgan fingerprint density at radius 1 is 0.963 bits per heavy atom. The van der Waals surface area contributed by atoms with Crippen molar-refractivity contribution in [2.45, 2.75) is 40.2 Å². The minimum absolute atomic E-state index is 0.000922. The molecule has 0 amide bonds. The highest BCUT2D eigenvalue weighted by molar-refractivity contribution is 5.99. The van der Waals surface area contributed by atoms with Crippen molar-refractivity contribution in [3.8, 4) is 5.75 Å². The van der Waals surface area contributed by atoms with E-state index < -0.39 is 5.97 Å². The number of Topliss-reactive ketones (excluding diaryl/α,β-unsaturated/α-hetero) is 2. The van der Waals surface area contributed by atoms with Crippen LogP contribution in [0.2, 0.25) is 0 Å². The highest BCUT2D eigenvalue weighted by atomic mass is 16.5. The Kier molecular flexibility index (Phi) is 6.88. The predicted molar refractivity (Wildman–Crippen MR) is 102 cm³/mol.